The molecule has 0 saturated carbocycles. The Morgan fingerprint density at radius 1 is 1.35 bits per heavy atom. The van der Waals surface area contributed by atoms with E-state index in [9.17, 15) is 9.18 Å². The highest BCUT2D eigenvalue weighted by atomic mass is 19.1. The number of hydrogen-bond acceptors (Lipinski definition) is 3. The van der Waals surface area contributed by atoms with Gasteiger partial charge in [0.25, 0.3) is 0 Å². The predicted octanol–water partition coefficient (Wildman–Crippen LogP) is 1.90. The molecule has 0 aromatic heterocycles. The molecule has 1 aliphatic rings. The van der Waals surface area contributed by atoms with Crippen LogP contribution in [0.3, 0.4) is 0 Å². The summed E-state index contributed by atoms with van der Waals surface area (Å²) in [4.78, 5) is 11.1. The van der Waals surface area contributed by atoms with Crippen molar-refractivity contribution in [2.24, 2.45) is 0 Å². The van der Waals surface area contributed by atoms with E-state index >= 15 is 0 Å². The van der Waals surface area contributed by atoms with Gasteiger partial charge < -0.3 is 9.47 Å². The molecule has 1 fully saturated rings. The Labute approximate surface area is 99.5 Å². The Morgan fingerprint density at radius 2 is 2.12 bits per heavy atom. The molecular formula is C13H15FO3. The lowest BCUT2D eigenvalue weighted by atomic mass is 10.1. The third-order valence-corrected chi connectivity index (χ3v) is 2.67. The number of carbonyl (C=O) groups is 1. The molecule has 0 unspecified atom stereocenters. The van der Waals surface area contributed by atoms with Gasteiger partial charge in [-0.3, -0.25) is 4.79 Å². The molecule has 3 nitrogen and oxygen atoms in total. The Bertz CT molecular complexity index is 366. The van der Waals surface area contributed by atoms with Gasteiger partial charge in [0.15, 0.2) is 12.0 Å². The second-order valence-electron chi connectivity index (χ2n) is 4.09. The van der Waals surface area contributed by atoms with Crippen molar-refractivity contribution in [1.29, 1.82) is 0 Å². The summed E-state index contributed by atoms with van der Waals surface area (Å²) in [5.74, 6) is -0.385. The lowest BCUT2D eigenvalue weighted by Crippen LogP contribution is -2.37. The Kier molecular flexibility index (Phi) is 4.23. The van der Waals surface area contributed by atoms with Crippen molar-refractivity contribution in [3.8, 4) is 0 Å². The molecule has 17 heavy (non-hydrogen) atoms. The number of carbonyl (C=O) groups excluding carboxylic acids is 1. The van der Waals surface area contributed by atoms with Crippen LogP contribution in [0, 0.1) is 0 Å². The molecule has 0 radical (unpaired) electrons. The molecule has 1 heterocycles. The zero-order chi connectivity index (χ0) is 12.1. The van der Waals surface area contributed by atoms with Crippen molar-refractivity contribution in [1.82, 2.24) is 0 Å². The number of halogens is 1. The quantitative estimate of drug-likeness (QED) is 0.803. The van der Waals surface area contributed by atoms with E-state index in [4.69, 9.17) is 9.47 Å². The van der Waals surface area contributed by atoms with E-state index in [0.717, 1.165) is 5.56 Å². The van der Waals surface area contributed by atoms with E-state index in [-0.39, 0.29) is 24.9 Å². The van der Waals surface area contributed by atoms with E-state index < -0.39 is 6.17 Å². The van der Waals surface area contributed by atoms with Crippen LogP contribution in [0.5, 0.6) is 0 Å². The molecule has 1 aliphatic heterocycles. The van der Waals surface area contributed by atoms with Gasteiger partial charge in [-0.25, -0.2) is 4.39 Å². The van der Waals surface area contributed by atoms with Gasteiger partial charge >= 0.3 is 0 Å². The van der Waals surface area contributed by atoms with Crippen LogP contribution in [0.15, 0.2) is 30.3 Å². The molecule has 0 amide bonds. The van der Waals surface area contributed by atoms with Crippen LogP contribution in [-0.4, -0.2) is 31.3 Å². The average Bonchev–Trinajstić information content (AvgIpc) is 2.35. The van der Waals surface area contributed by atoms with Crippen LogP contribution >= 0.6 is 0 Å². The van der Waals surface area contributed by atoms with Gasteiger partial charge in [0, 0.05) is 6.42 Å². The molecule has 2 rings (SSSR count). The molecule has 4 heteroatoms. The summed E-state index contributed by atoms with van der Waals surface area (Å²) in [5, 5.41) is 0. The highest BCUT2D eigenvalue weighted by molar-refractivity contribution is 5.84. The maximum atomic E-state index is 12.8. The largest absolute Gasteiger partial charge is 0.374 e. The van der Waals surface area contributed by atoms with Gasteiger partial charge in [0.05, 0.1) is 25.9 Å². The van der Waals surface area contributed by atoms with Crippen molar-refractivity contribution >= 4 is 5.78 Å². The number of Topliss-reactive ketones (excluding diaryl/α,β-unsaturated/α-hetero) is 1. The number of alkyl halides is 1. The second-order valence-corrected chi connectivity index (χ2v) is 4.09. The van der Waals surface area contributed by atoms with Gasteiger partial charge in [0.1, 0.15) is 0 Å². The maximum absolute atomic E-state index is 12.8. The second kappa shape index (κ2) is 5.89. The van der Waals surface area contributed by atoms with Crippen LogP contribution < -0.4 is 0 Å². The number of benzene rings is 1. The molecular weight excluding hydrogens is 223 g/mol. The van der Waals surface area contributed by atoms with E-state index in [1.807, 2.05) is 30.3 Å². The number of ketones is 1. The summed E-state index contributed by atoms with van der Waals surface area (Å²) >= 11 is 0. The molecule has 1 saturated heterocycles. The van der Waals surface area contributed by atoms with Gasteiger partial charge in [-0.05, 0) is 5.56 Å². The van der Waals surface area contributed by atoms with E-state index in [0.29, 0.717) is 13.2 Å². The Balaban J connectivity index is 1.71. The zero-order valence-electron chi connectivity index (χ0n) is 9.47. The van der Waals surface area contributed by atoms with Crippen molar-refractivity contribution in [3.05, 3.63) is 35.9 Å². The first kappa shape index (κ1) is 12.2. The fourth-order valence-corrected chi connectivity index (χ4v) is 1.71. The van der Waals surface area contributed by atoms with E-state index in [2.05, 4.69) is 0 Å². The molecule has 2 atom stereocenters. The molecule has 0 spiro atoms. The van der Waals surface area contributed by atoms with Gasteiger partial charge in [-0.15, -0.1) is 0 Å². The zero-order valence-corrected chi connectivity index (χ0v) is 9.47. The van der Waals surface area contributed by atoms with Crippen molar-refractivity contribution in [2.75, 3.05) is 13.2 Å². The smallest absolute Gasteiger partial charge is 0.181 e. The van der Waals surface area contributed by atoms with Gasteiger partial charge in [0.2, 0.25) is 0 Å². The van der Waals surface area contributed by atoms with E-state index in [1.54, 1.807) is 0 Å². The molecule has 0 bridgehead atoms. The Hall–Kier alpha value is -1.26. The molecule has 1 aromatic carbocycles. The van der Waals surface area contributed by atoms with Gasteiger partial charge in [-0.2, -0.15) is 0 Å². The summed E-state index contributed by atoms with van der Waals surface area (Å²) in [7, 11) is 0. The third-order valence-electron chi connectivity index (χ3n) is 2.67. The maximum Gasteiger partial charge on any atom is 0.181 e. The van der Waals surface area contributed by atoms with Crippen molar-refractivity contribution in [2.45, 2.75) is 25.3 Å². The van der Waals surface area contributed by atoms with Crippen LogP contribution in [-0.2, 0) is 20.9 Å². The fourth-order valence-electron chi connectivity index (χ4n) is 1.71. The Morgan fingerprint density at radius 3 is 2.82 bits per heavy atom. The van der Waals surface area contributed by atoms with Crippen molar-refractivity contribution in [3.63, 3.8) is 0 Å². The third kappa shape index (κ3) is 3.61. The normalized spacial score (nSPS) is 24.9. The topological polar surface area (TPSA) is 35.5 Å². The summed E-state index contributed by atoms with van der Waals surface area (Å²) < 4.78 is 23.4. The molecule has 92 valence electrons. The van der Waals surface area contributed by atoms with Crippen LogP contribution in [0.25, 0.3) is 0 Å². The minimum atomic E-state index is -1.46. The minimum Gasteiger partial charge on any atom is -0.374 e. The number of hydrogen-bond donors (Lipinski definition) is 0. The van der Waals surface area contributed by atoms with Gasteiger partial charge in [-0.1, -0.05) is 30.3 Å². The summed E-state index contributed by atoms with van der Waals surface area (Å²) in [6.45, 7) is 0.666. The highest BCUT2D eigenvalue weighted by Crippen LogP contribution is 2.13. The average molecular weight is 238 g/mol. The first-order chi connectivity index (χ1) is 8.25. The summed E-state index contributed by atoms with van der Waals surface area (Å²) in [6.07, 6.45) is -1.66. The number of rotatable bonds is 4. The summed E-state index contributed by atoms with van der Waals surface area (Å²) in [6, 6.07) is 9.74. The summed E-state index contributed by atoms with van der Waals surface area (Å²) in [5.41, 5.74) is 1.07. The first-order valence-electron chi connectivity index (χ1n) is 5.66. The first-order valence-corrected chi connectivity index (χ1v) is 5.66. The van der Waals surface area contributed by atoms with Crippen LogP contribution in [0.2, 0.25) is 0 Å². The molecule has 1 aromatic rings. The molecule has 0 N–H and O–H groups in total. The molecule has 0 aliphatic carbocycles. The fraction of sp³-hybridized carbons (Fsp3) is 0.462. The SMILES string of the molecule is O=C1C[C@H](COCc2ccccc2)OC[C@@H]1F. The highest BCUT2D eigenvalue weighted by Gasteiger charge is 2.28. The number of ether oxygens (including phenoxy) is 2. The minimum absolute atomic E-state index is 0.107. The van der Waals surface area contributed by atoms with Crippen LogP contribution in [0.1, 0.15) is 12.0 Å². The lowest BCUT2D eigenvalue weighted by molar-refractivity contribution is -0.141. The van der Waals surface area contributed by atoms with Crippen molar-refractivity contribution < 1.29 is 18.7 Å². The lowest BCUT2D eigenvalue weighted by Gasteiger charge is -2.23. The van der Waals surface area contributed by atoms with E-state index in [1.165, 1.54) is 0 Å². The standard InChI is InChI=1S/C13H15FO3/c14-12-9-17-11(6-13(12)15)8-16-7-10-4-2-1-3-5-10/h1-5,11-12H,6-9H2/t11-,12+/m1/s1. The predicted molar refractivity (Wildman–Crippen MR) is 60.4 cm³/mol. The van der Waals surface area contributed by atoms with Crippen LogP contribution in [0.4, 0.5) is 4.39 Å². The monoisotopic (exact) mass is 238 g/mol.